The van der Waals surface area contributed by atoms with Crippen LogP contribution in [0.3, 0.4) is 0 Å². The van der Waals surface area contributed by atoms with Crippen LogP contribution in [-0.2, 0) is 4.79 Å². The highest BCUT2D eigenvalue weighted by Crippen LogP contribution is 2.29. The number of carbonyl (C=O) groups excluding carboxylic acids is 2. The molecule has 0 saturated heterocycles. The van der Waals surface area contributed by atoms with Gasteiger partial charge < -0.3 is 10.6 Å². The van der Waals surface area contributed by atoms with E-state index in [1.54, 1.807) is 6.92 Å². The fraction of sp³-hybridized carbons (Fsp3) is 0.577. The standard InChI is InChI=1S/C26H37N3O2S/c1-17-15-18(2)23(19(3)16-17)29-25(31)24-20(4)27-26(32-24)28-22(30)14-10-6-9-13-21-11-7-5-8-12-21/h15-16,21H,5-14H2,1-4H3,(H,29,31)(H,27,28,30). The third-order valence-electron chi connectivity index (χ3n) is 6.41. The summed E-state index contributed by atoms with van der Waals surface area (Å²) in [7, 11) is 0. The van der Waals surface area contributed by atoms with Crippen molar-refractivity contribution < 1.29 is 9.59 Å². The van der Waals surface area contributed by atoms with Crippen LogP contribution in [0.4, 0.5) is 10.8 Å². The second-order valence-corrected chi connectivity index (χ2v) is 10.3. The van der Waals surface area contributed by atoms with E-state index in [2.05, 4.69) is 27.8 Å². The Balaban J connectivity index is 1.46. The van der Waals surface area contributed by atoms with Crippen molar-refractivity contribution in [3.63, 3.8) is 0 Å². The monoisotopic (exact) mass is 455 g/mol. The lowest BCUT2D eigenvalue weighted by Gasteiger charge is -2.21. The van der Waals surface area contributed by atoms with Crippen molar-refractivity contribution in [2.45, 2.75) is 91.9 Å². The Labute approximate surface area is 196 Å². The number of thiazole rings is 1. The van der Waals surface area contributed by atoms with E-state index in [0.717, 1.165) is 35.6 Å². The van der Waals surface area contributed by atoms with Gasteiger partial charge in [-0.3, -0.25) is 9.59 Å². The van der Waals surface area contributed by atoms with Gasteiger partial charge in [0.15, 0.2) is 5.13 Å². The first-order chi connectivity index (χ1) is 15.3. The van der Waals surface area contributed by atoms with Crippen molar-refractivity contribution in [3.8, 4) is 0 Å². The summed E-state index contributed by atoms with van der Waals surface area (Å²) in [5.41, 5.74) is 4.72. The summed E-state index contributed by atoms with van der Waals surface area (Å²) in [6, 6.07) is 4.12. The summed E-state index contributed by atoms with van der Waals surface area (Å²) in [4.78, 5) is 30.1. The van der Waals surface area contributed by atoms with Crippen LogP contribution in [0.2, 0.25) is 0 Å². The Morgan fingerprint density at radius 3 is 2.34 bits per heavy atom. The molecular weight excluding hydrogens is 418 g/mol. The highest BCUT2D eigenvalue weighted by molar-refractivity contribution is 7.17. The van der Waals surface area contributed by atoms with Gasteiger partial charge in [-0.25, -0.2) is 4.98 Å². The molecule has 3 rings (SSSR count). The Bertz CT molecular complexity index is 922. The normalized spacial score (nSPS) is 14.4. The second kappa shape index (κ2) is 11.6. The van der Waals surface area contributed by atoms with E-state index in [-0.39, 0.29) is 11.8 Å². The Kier molecular flexibility index (Phi) is 8.85. The molecule has 1 aliphatic rings. The van der Waals surface area contributed by atoms with Crippen molar-refractivity contribution in [1.82, 2.24) is 4.98 Å². The fourth-order valence-electron chi connectivity index (χ4n) is 4.76. The number of amides is 2. The summed E-state index contributed by atoms with van der Waals surface area (Å²) >= 11 is 1.24. The minimum Gasteiger partial charge on any atom is -0.321 e. The molecule has 2 amide bonds. The topological polar surface area (TPSA) is 71.1 Å². The lowest BCUT2D eigenvalue weighted by atomic mass is 9.85. The fourth-order valence-corrected chi connectivity index (χ4v) is 5.64. The van der Waals surface area contributed by atoms with E-state index in [4.69, 9.17) is 0 Å². The van der Waals surface area contributed by atoms with Gasteiger partial charge in [0.25, 0.3) is 5.91 Å². The number of carbonyl (C=O) groups is 2. The van der Waals surface area contributed by atoms with Gasteiger partial charge in [-0.1, -0.05) is 80.4 Å². The molecule has 1 aromatic carbocycles. The highest BCUT2D eigenvalue weighted by Gasteiger charge is 2.18. The number of anilines is 2. The van der Waals surface area contributed by atoms with Crippen molar-refractivity contribution in [2.24, 2.45) is 5.92 Å². The SMILES string of the molecule is Cc1cc(C)c(NC(=O)c2sc(NC(=O)CCCCCC3CCCCC3)nc2C)c(C)c1. The molecule has 2 N–H and O–H groups in total. The maximum atomic E-state index is 12.8. The lowest BCUT2D eigenvalue weighted by molar-refractivity contribution is -0.116. The lowest BCUT2D eigenvalue weighted by Crippen LogP contribution is -2.13. The number of aromatic nitrogens is 1. The number of nitrogens with zero attached hydrogens (tertiary/aromatic N) is 1. The average Bonchev–Trinajstić information content (AvgIpc) is 3.11. The maximum Gasteiger partial charge on any atom is 0.267 e. The van der Waals surface area contributed by atoms with Crippen LogP contribution in [0.1, 0.15) is 96.3 Å². The molecule has 2 aromatic rings. The molecule has 0 atom stereocenters. The van der Waals surface area contributed by atoms with Gasteiger partial charge in [0, 0.05) is 12.1 Å². The number of aryl methyl sites for hydroxylation is 4. The van der Waals surface area contributed by atoms with E-state index in [1.165, 1.54) is 61.8 Å². The van der Waals surface area contributed by atoms with Crippen LogP contribution in [0, 0.1) is 33.6 Å². The summed E-state index contributed by atoms with van der Waals surface area (Å²) in [5, 5.41) is 6.40. The van der Waals surface area contributed by atoms with Gasteiger partial charge in [0.05, 0.1) is 5.69 Å². The van der Waals surface area contributed by atoms with Crippen molar-refractivity contribution in [2.75, 3.05) is 10.6 Å². The average molecular weight is 456 g/mol. The first-order valence-corrected chi connectivity index (χ1v) is 12.8. The van der Waals surface area contributed by atoms with E-state index in [0.29, 0.717) is 22.1 Å². The van der Waals surface area contributed by atoms with E-state index in [1.807, 2.05) is 20.8 Å². The number of hydrogen-bond donors (Lipinski definition) is 2. The van der Waals surface area contributed by atoms with Gasteiger partial charge in [0.1, 0.15) is 4.88 Å². The van der Waals surface area contributed by atoms with Gasteiger partial charge in [-0.05, 0) is 51.2 Å². The molecule has 1 aliphatic carbocycles. The van der Waals surface area contributed by atoms with E-state index in [9.17, 15) is 9.59 Å². The third-order valence-corrected chi connectivity index (χ3v) is 7.48. The van der Waals surface area contributed by atoms with Gasteiger partial charge in [0.2, 0.25) is 5.91 Å². The van der Waals surface area contributed by atoms with Crippen molar-refractivity contribution in [1.29, 1.82) is 0 Å². The van der Waals surface area contributed by atoms with Gasteiger partial charge in [-0.15, -0.1) is 0 Å². The Hall–Kier alpha value is -2.21. The number of hydrogen-bond acceptors (Lipinski definition) is 4. The zero-order valence-corrected chi connectivity index (χ0v) is 20.8. The zero-order valence-electron chi connectivity index (χ0n) is 20.0. The highest BCUT2D eigenvalue weighted by atomic mass is 32.1. The molecule has 0 unspecified atom stereocenters. The predicted octanol–water partition coefficient (Wildman–Crippen LogP) is 7.10. The maximum absolute atomic E-state index is 12.8. The number of rotatable bonds is 9. The second-order valence-electron chi connectivity index (χ2n) is 9.31. The summed E-state index contributed by atoms with van der Waals surface area (Å²) in [5.74, 6) is 0.708. The zero-order chi connectivity index (χ0) is 23.1. The summed E-state index contributed by atoms with van der Waals surface area (Å²) < 4.78 is 0. The molecule has 32 heavy (non-hydrogen) atoms. The molecule has 1 saturated carbocycles. The summed E-state index contributed by atoms with van der Waals surface area (Å²) in [6.07, 6.45) is 12.0. The molecule has 1 fully saturated rings. The molecule has 1 heterocycles. The van der Waals surface area contributed by atoms with Crippen LogP contribution in [-0.4, -0.2) is 16.8 Å². The Morgan fingerprint density at radius 1 is 0.969 bits per heavy atom. The molecule has 174 valence electrons. The van der Waals surface area contributed by atoms with Crippen LogP contribution in [0.15, 0.2) is 12.1 Å². The predicted molar refractivity (Wildman–Crippen MR) is 134 cm³/mol. The first-order valence-electron chi connectivity index (χ1n) is 12.0. The molecule has 0 bridgehead atoms. The molecule has 6 heteroatoms. The molecule has 1 aromatic heterocycles. The molecule has 0 radical (unpaired) electrons. The van der Waals surface area contributed by atoms with Crippen LogP contribution in [0.5, 0.6) is 0 Å². The van der Waals surface area contributed by atoms with Crippen LogP contribution >= 0.6 is 11.3 Å². The number of benzene rings is 1. The van der Waals surface area contributed by atoms with Crippen LogP contribution in [0.25, 0.3) is 0 Å². The smallest absolute Gasteiger partial charge is 0.267 e. The van der Waals surface area contributed by atoms with Gasteiger partial charge >= 0.3 is 0 Å². The number of nitrogens with one attached hydrogen (secondary N) is 2. The summed E-state index contributed by atoms with van der Waals surface area (Å²) in [6.45, 7) is 7.85. The number of unbranched alkanes of at least 4 members (excludes halogenated alkanes) is 2. The first kappa shape index (κ1) is 24.4. The largest absolute Gasteiger partial charge is 0.321 e. The molecule has 5 nitrogen and oxygen atoms in total. The van der Waals surface area contributed by atoms with Crippen LogP contribution < -0.4 is 10.6 Å². The molecular formula is C26H37N3O2S. The third kappa shape index (κ3) is 6.89. The molecule has 0 aliphatic heterocycles. The minimum absolute atomic E-state index is 0.0198. The molecule has 0 spiro atoms. The van der Waals surface area contributed by atoms with E-state index < -0.39 is 0 Å². The van der Waals surface area contributed by atoms with Crippen molar-refractivity contribution in [3.05, 3.63) is 39.4 Å². The van der Waals surface area contributed by atoms with E-state index >= 15 is 0 Å². The minimum atomic E-state index is -0.182. The van der Waals surface area contributed by atoms with Gasteiger partial charge in [-0.2, -0.15) is 0 Å². The van der Waals surface area contributed by atoms with Crippen molar-refractivity contribution >= 4 is 34.0 Å². The Morgan fingerprint density at radius 2 is 1.66 bits per heavy atom. The quantitative estimate of drug-likeness (QED) is 0.396.